The Morgan fingerprint density at radius 2 is 2.00 bits per heavy atom. The Bertz CT molecular complexity index is 998. The van der Waals surface area contributed by atoms with E-state index in [1.54, 1.807) is 24.5 Å². The van der Waals surface area contributed by atoms with Gasteiger partial charge < -0.3 is 10.1 Å². The highest BCUT2D eigenvalue weighted by molar-refractivity contribution is 5.77. The number of rotatable bonds is 7. The van der Waals surface area contributed by atoms with Crippen molar-refractivity contribution in [2.45, 2.75) is 19.1 Å². The van der Waals surface area contributed by atoms with Crippen LogP contribution in [0.4, 0.5) is 4.39 Å². The van der Waals surface area contributed by atoms with Crippen molar-refractivity contribution in [2.75, 3.05) is 26.2 Å². The molecule has 3 heterocycles. The van der Waals surface area contributed by atoms with E-state index in [0.717, 1.165) is 17.0 Å². The van der Waals surface area contributed by atoms with E-state index in [9.17, 15) is 9.18 Å². The Labute approximate surface area is 181 Å². The highest BCUT2D eigenvalue weighted by Gasteiger charge is 2.24. The predicted octanol–water partition coefficient (Wildman–Crippen LogP) is 2.90. The second-order valence-electron chi connectivity index (χ2n) is 7.55. The van der Waals surface area contributed by atoms with E-state index in [0.29, 0.717) is 44.8 Å². The number of ether oxygens (including phenoxy) is 1. The van der Waals surface area contributed by atoms with Crippen LogP contribution >= 0.6 is 0 Å². The van der Waals surface area contributed by atoms with Crippen molar-refractivity contribution in [3.63, 3.8) is 0 Å². The molecule has 1 amide bonds. The smallest absolute Gasteiger partial charge is 0.234 e. The first-order chi connectivity index (χ1) is 15.2. The number of halogens is 1. The van der Waals surface area contributed by atoms with Gasteiger partial charge in [0.25, 0.3) is 0 Å². The third kappa shape index (κ3) is 5.93. The molecule has 1 aliphatic heterocycles. The van der Waals surface area contributed by atoms with Crippen molar-refractivity contribution in [1.29, 1.82) is 0 Å². The number of aromatic nitrogens is 2. The van der Waals surface area contributed by atoms with Gasteiger partial charge in [-0.2, -0.15) is 0 Å². The van der Waals surface area contributed by atoms with E-state index in [-0.39, 0.29) is 17.8 Å². The number of benzene rings is 1. The number of hydrogen-bond acceptors (Lipinski definition) is 5. The van der Waals surface area contributed by atoms with Crippen molar-refractivity contribution in [3.8, 4) is 0 Å². The summed E-state index contributed by atoms with van der Waals surface area (Å²) in [6, 6.07) is 16.3. The summed E-state index contributed by atoms with van der Waals surface area (Å²) in [5.41, 5.74) is 3.23. The second-order valence-corrected chi connectivity index (χ2v) is 7.55. The number of nitrogens with one attached hydrogen (secondary N) is 1. The lowest BCUT2D eigenvalue weighted by atomic mass is 10.1. The molecule has 1 atom stereocenters. The van der Waals surface area contributed by atoms with E-state index < -0.39 is 0 Å². The largest absolute Gasteiger partial charge is 0.369 e. The maximum Gasteiger partial charge on any atom is 0.234 e. The molecule has 1 saturated heterocycles. The van der Waals surface area contributed by atoms with Crippen molar-refractivity contribution in [2.24, 2.45) is 0 Å². The Morgan fingerprint density at radius 3 is 2.77 bits per heavy atom. The highest BCUT2D eigenvalue weighted by atomic mass is 19.1. The summed E-state index contributed by atoms with van der Waals surface area (Å²) in [5, 5.41) is 2.91. The van der Waals surface area contributed by atoms with Crippen LogP contribution in [0.15, 0.2) is 67.0 Å². The fraction of sp³-hybridized carbons (Fsp3) is 0.292. The predicted molar refractivity (Wildman–Crippen MR) is 115 cm³/mol. The van der Waals surface area contributed by atoms with Crippen LogP contribution in [-0.4, -0.2) is 47.0 Å². The lowest BCUT2D eigenvalue weighted by molar-refractivity contribution is -0.124. The molecule has 2 aromatic heterocycles. The number of hydrogen-bond donors (Lipinski definition) is 1. The topological polar surface area (TPSA) is 67.4 Å². The molecule has 31 heavy (non-hydrogen) atoms. The average Bonchev–Trinajstić information content (AvgIpc) is 2.81. The monoisotopic (exact) mass is 420 g/mol. The van der Waals surface area contributed by atoms with Crippen LogP contribution in [0.1, 0.15) is 28.6 Å². The molecule has 7 heteroatoms. The van der Waals surface area contributed by atoms with Gasteiger partial charge in [0.1, 0.15) is 11.9 Å². The van der Waals surface area contributed by atoms with Crippen LogP contribution in [0.3, 0.4) is 0 Å². The summed E-state index contributed by atoms with van der Waals surface area (Å²) >= 11 is 0. The molecule has 160 valence electrons. The maximum atomic E-state index is 13.9. The highest BCUT2D eigenvalue weighted by Crippen LogP contribution is 2.21. The minimum atomic E-state index is -0.209. The third-order valence-electron chi connectivity index (χ3n) is 5.24. The quantitative estimate of drug-likeness (QED) is 0.637. The molecule has 0 saturated carbocycles. The molecule has 4 rings (SSSR count). The van der Waals surface area contributed by atoms with Crippen LogP contribution in [0, 0.1) is 5.82 Å². The molecule has 1 N–H and O–H groups in total. The van der Waals surface area contributed by atoms with Gasteiger partial charge in [0.15, 0.2) is 0 Å². The fourth-order valence-corrected chi connectivity index (χ4v) is 3.57. The number of amides is 1. The van der Waals surface area contributed by atoms with Crippen molar-refractivity contribution in [3.05, 3.63) is 95.3 Å². The van der Waals surface area contributed by atoms with Crippen LogP contribution in [-0.2, 0) is 22.5 Å². The van der Waals surface area contributed by atoms with Crippen LogP contribution < -0.4 is 5.32 Å². The van der Waals surface area contributed by atoms with Gasteiger partial charge in [0.05, 0.1) is 31.1 Å². The summed E-state index contributed by atoms with van der Waals surface area (Å²) in [6.07, 6.45) is 3.78. The zero-order chi connectivity index (χ0) is 21.5. The first kappa shape index (κ1) is 21.1. The van der Waals surface area contributed by atoms with E-state index in [4.69, 9.17) is 4.74 Å². The maximum absolute atomic E-state index is 13.9. The van der Waals surface area contributed by atoms with Gasteiger partial charge in [-0.05, 0) is 35.4 Å². The van der Waals surface area contributed by atoms with Crippen LogP contribution in [0.25, 0.3) is 0 Å². The van der Waals surface area contributed by atoms with Crippen molar-refractivity contribution in [1.82, 2.24) is 20.2 Å². The first-order valence-corrected chi connectivity index (χ1v) is 10.4. The Hall–Kier alpha value is -3.16. The zero-order valence-corrected chi connectivity index (χ0v) is 17.2. The normalized spacial score (nSPS) is 16.7. The van der Waals surface area contributed by atoms with E-state index >= 15 is 0 Å². The molecule has 0 spiro atoms. The number of morpholine rings is 1. The molecular weight excluding hydrogens is 395 g/mol. The minimum Gasteiger partial charge on any atom is -0.369 e. The summed E-state index contributed by atoms with van der Waals surface area (Å²) in [5.74, 6) is -0.251. The molecule has 0 unspecified atom stereocenters. The Morgan fingerprint density at radius 1 is 1.13 bits per heavy atom. The van der Waals surface area contributed by atoms with Gasteiger partial charge in [0.2, 0.25) is 5.91 Å². The lowest BCUT2D eigenvalue weighted by Crippen LogP contribution is -2.44. The van der Waals surface area contributed by atoms with Crippen LogP contribution in [0.2, 0.25) is 0 Å². The van der Waals surface area contributed by atoms with Gasteiger partial charge in [0, 0.05) is 31.9 Å². The third-order valence-corrected chi connectivity index (χ3v) is 5.24. The molecule has 1 aliphatic rings. The number of carbonyl (C=O) groups is 1. The molecule has 6 nitrogen and oxygen atoms in total. The molecule has 1 aromatic carbocycles. The van der Waals surface area contributed by atoms with Crippen LogP contribution in [0.5, 0.6) is 0 Å². The summed E-state index contributed by atoms with van der Waals surface area (Å²) < 4.78 is 19.7. The average molecular weight is 420 g/mol. The first-order valence-electron chi connectivity index (χ1n) is 10.4. The minimum absolute atomic E-state index is 0.0421. The fourth-order valence-electron chi connectivity index (χ4n) is 3.57. The van der Waals surface area contributed by atoms with Gasteiger partial charge >= 0.3 is 0 Å². The van der Waals surface area contributed by atoms with Crippen molar-refractivity contribution < 1.29 is 13.9 Å². The second kappa shape index (κ2) is 10.2. The van der Waals surface area contributed by atoms with Gasteiger partial charge in [-0.3, -0.25) is 19.7 Å². The summed E-state index contributed by atoms with van der Waals surface area (Å²) in [4.78, 5) is 23.1. The SMILES string of the molecule is O=C(CN1CCO[C@H](c2ccc(Cc3ccccc3F)cn2)C1)NCc1ccccn1. The standard InChI is InChI=1S/C24H25FN4O2/c25-21-7-2-1-5-19(21)13-18-8-9-22(27-14-18)23-16-29(11-12-31-23)17-24(30)28-15-20-6-3-4-10-26-20/h1-10,14,23H,11-13,15-17H2,(H,28,30)/t23-/m0/s1. The van der Waals surface area contributed by atoms with E-state index in [2.05, 4.69) is 20.2 Å². The Kier molecular flexibility index (Phi) is 6.96. The molecule has 0 radical (unpaired) electrons. The Balaban J connectivity index is 1.29. The molecule has 0 bridgehead atoms. The summed E-state index contributed by atoms with van der Waals surface area (Å²) in [6.45, 7) is 2.54. The summed E-state index contributed by atoms with van der Waals surface area (Å²) in [7, 11) is 0. The molecule has 0 aliphatic carbocycles. The number of carbonyl (C=O) groups excluding carboxylic acids is 1. The van der Waals surface area contributed by atoms with Gasteiger partial charge in [-0.15, -0.1) is 0 Å². The van der Waals surface area contributed by atoms with Crippen molar-refractivity contribution >= 4 is 5.91 Å². The van der Waals surface area contributed by atoms with Gasteiger partial charge in [-0.1, -0.05) is 30.3 Å². The molecular formula is C24H25FN4O2. The zero-order valence-electron chi connectivity index (χ0n) is 17.2. The number of pyridine rings is 2. The lowest BCUT2D eigenvalue weighted by Gasteiger charge is -2.32. The van der Waals surface area contributed by atoms with E-state index in [1.807, 2.05) is 36.4 Å². The van der Waals surface area contributed by atoms with Gasteiger partial charge in [-0.25, -0.2) is 4.39 Å². The molecule has 3 aromatic rings. The number of nitrogens with zero attached hydrogens (tertiary/aromatic N) is 3. The van der Waals surface area contributed by atoms with E-state index in [1.165, 1.54) is 6.07 Å². The molecule has 1 fully saturated rings.